The molecule has 0 atom stereocenters. The van der Waals surface area contributed by atoms with Crippen LogP contribution in [0.3, 0.4) is 0 Å². The second-order valence-corrected chi connectivity index (χ2v) is 6.69. The van der Waals surface area contributed by atoms with Gasteiger partial charge in [0.2, 0.25) is 5.89 Å². The summed E-state index contributed by atoms with van der Waals surface area (Å²) in [6.07, 6.45) is 5.92. The van der Waals surface area contributed by atoms with Crippen molar-refractivity contribution in [2.45, 2.75) is 38.0 Å². The predicted octanol–water partition coefficient (Wildman–Crippen LogP) is 1.44. The fraction of sp³-hybridized carbons (Fsp3) is 0.500. The Labute approximate surface area is 143 Å². The van der Waals surface area contributed by atoms with Gasteiger partial charge in [0.25, 0.3) is 11.5 Å². The van der Waals surface area contributed by atoms with Gasteiger partial charge in [-0.2, -0.15) is 16.7 Å². The van der Waals surface area contributed by atoms with Crippen LogP contribution in [0.4, 0.5) is 0 Å². The first kappa shape index (κ1) is 16.8. The molecule has 1 N–H and O–H groups in total. The van der Waals surface area contributed by atoms with Gasteiger partial charge >= 0.3 is 0 Å². The Morgan fingerprint density at radius 3 is 3.00 bits per heavy atom. The van der Waals surface area contributed by atoms with Gasteiger partial charge in [-0.25, -0.2) is 0 Å². The average molecular weight is 348 g/mol. The number of amides is 1. The molecule has 2 aromatic heterocycles. The van der Waals surface area contributed by atoms with Gasteiger partial charge in [0.1, 0.15) is 5.56 Å². The zero-order valence-electron chi connectivity index (χ0n) is 13.8. The summed E-state index contributed by atoms with van der Waals surface area (Å²) in [6.45, 7) is 0.112. The molecule has 0 spiro atoms. The van der Waals surface area contributed by atoms with Crippen molar-refractivity contribution in [1.82, 2.24) is 20.0 Å². The first-order valence-corrected chi connectivity index (χ1v) is 9.30. The number of hydrogen-bond donors (Lipinski definition) is 1. The lowest BCUT2D eigenvalue weighted by Crippen LogP contribution is -2.34. The number of nitrogens with one attached hydrogen (secondary N) is 1. The largest absolute Gasteiger partial charge is 0.343 e. The van der Waals surface area contributed by atoms with Crippen molar-refractivity contribution in [3.05, 3.63) is 45.0 Å². The van der Waals surface area contributed by atoms with Gasteiger partial charge in [-0.3, -0.25) is 9.59 Å². The molecular formula is C16H20N4O3S. The number of hydrogen-bond acceptors (Lipinski definition) is 6. The highest BCUT2D eigenvalue weighted by atomic mass is 32.2. The van der Waals surface area contributed by atoms with E-state index in [1.807, 2.05) is 6.26 Å². The molecule has 0 fully saturated rings. The summed E-state index contributed by atoms with van der Waals surface area (Å²) in [5.41, 5.74) is 2.04. The van der Waals surface area contributed by atoms with E-state index in [-0.39, 0.29) is 17.7 Å². The fourth-order valence-corrected chi connectivity index (χ4v) is 3.33. The Hall–Kier alpha value is -2.09. The standard InChI is InChI=1S/C16H20N4O3S/c1-20-12-6-4-3-5-10(12)7-11(16(20)22)15(21)17-8-14-18-13(9-24-2)19-23-14/h7H,3-6,8-9H2,1-2H3,(H,17,21). The smallest absolute Gasteiger partial charge is 0.263 e. The first-order chi connectivity index (χ1) is 11.6. The average Bonchev–Trinajstić information content (AvgIpc) is 3.04. The third-order valence-corrected chi connectivity index (χ3v) is 4.71. The van der Waals surface area contributed by atoms with Crippen molar-refractivity contribution in [3.8, 4) is 0 Å². The van der Waals surface area contributed by atoms with Crippen LogP contribution in [-0.4, -0.2) is 26.9 Å². The number of rotatable bonds is 5. The number of fused-ring (bicyclic) bond motifs is 1. The van der Waals surface area contributed by atoms with E-state index in [1.165, 1.54) is 0 Å². The van der Waals surface area contributed by atoms with Crippen LogP contribution < -0.4 is 10.9 Å². The lowest BCUT2D eigenvalue weighted by atomic mass is 9.94. The van der Waals surface area contributed by atoms with Crippen LogP contribution in [0.5, 0.6) is 0 Å². The fourth-order valence-electron chi connectivity index (χ4n) is 2.95. The van der Waals surface area contributed by atoms with Crippen molar-refractivity contribution in [2.75, 3.05) is 6.26 Å². The number of carbonyl (C=O) groups is 1. The highest BCUT2D eigenvalue weighted by molar-refractivity contribution is 7.97. The minimum atomic E-state index is -0.409. The van der Waals surface area contributed by atoms with Gasteiger partial charge in [0.15, 0.2) is 5.82 Å². The van der Waals surface area contributed by atoms with Gasteiger partial charge in [0, 0.05) is 12.7 Å². The maximum Gasteiger partial charge on any atom is 0.263 e. The second-order valence-electron chi connectivity index (χ2n) is 5.82. The van der Waals surface area contributed by atoms with Crippen LogP contribution in [0.25, 0.3) is 0 Å². The summed E-state index contributed by atoms with van der Waals surface area (Å²) in [6, 6.07) is 1.74. The SMILES string of the molecule is CSCc1noc(CNC(=O)c2cc3c(n(C)c2=O)CCCC3)n1. The Balaban J connectivity index is 1.75. The normalized spacial score (nSPS) is 13.6. The lowest BCUT2D eigenvalue weighted by molar-refractivity contribution is 0.0944. The summed E-state index contributed by atoms with van der Waals surface area (Å²) >= 11 is 1.59. The number of aryl methyl sites for hydroxylation is 1. The van der Waals surface area contributed by atoms with Gasteiger partial charge in [0.05, 0.1) is 12.3 Å². The second kappa shape index (κ2) is 7.21. The monoisotopic (exact) mass is 348 g/mol. The zero-order valence-corrected chi connectivity index (χ0v) is 14.6. The van der Waals surface area contributed by atoms with Gasteiger partial charge < -0.3 is 14.4 Å². The van der Waals surface area contributed by atoms with E-state index in [4.69, 9.17) is 4.52 Å². The van der Waals surface area contributed by atoms with Gasteiger partial charge in [-0.1, -0.05) is 5.16 Å². The van der Waals surface area contributed by atoms with E-state index in [2.05, 4.69) is 15.5 Å². The molecule has 1 aliphatic carbocycles. The number of nitrogens with zero attached hydrogens (tertiary/aromatic N) is 3. The highest BCUT2D eigenvalue weighted by Crippen LogP contribution is 2.20. The summed E-state index contributed by atoms with van der Waals surface area (Å²) in [4.78, 5) is 29.0. The molecule has 3 rings (SSSR count). The molecule has 24 heavy (non-hydrogen) atoms. The molecule has 0 saturated carbocycles. The van der Waals surface area contributed by atoms with E-state index in [9.17, 15) is 9.59 Å². The number of carbonyl (C=O) groups excluding carboxylic acids is 1. The molecule has 0 aliphatic heterocycles. The molecule has 8 heteroatoms. The lowest BCUT2D eigenvalue weighted by Gasteiger charge is -2.19. The molecule has 0 unspecified atom stereocenters. The Kier molecular flexibility index (Phi) is 5.03. The van der Waals surface area contributed by atoms with E-state index < -0.39 is 5.91 Å². The van der Waals surface area contributed by atoms with Gasteiger partial charge in [-0.15, -0.1) is 0 Å². The molecule has 0 aromatic carbocycles. The van der Waals surface area contributed by atoms with Crippen LogP contribution in [0, 0.1) is 0 Å². The predicted molar refractivity (Wildman–Crippen MR) is 91.0 cm³/mol. The molecule has 0 radical (unpaired) electrons. The van der Waals surface area contributed by atoms with Crippen LogP contribution >= 0.6 is 11.8 Å². The minimum Gasteiger partial charge on any atom is -0.343 e. The highest BCUT2D eigenvalue weighted by Gasteiger charge is 2.20. The van der Waals surface area contributed by atoms with E-state index in [1.54, 1.807) is 29.4 Å². The van der Waals surface area contributed by atoms with Crippen LogP contribution in [0.2, 0.25) is 0 Å². The molecule has 1 aliphatic rings. The molecule has 1 amide bonds. The third-order valence-electron chi connectivity index (χ3n) is 4.17. The van der Waals surface area contributed by atoms with Crippen molar-refractivity contribution in [1.29, 1.82) is 0 Å². The van der Waals surface area contributed by atoms with Crippen LogP contribution in [0.1, 0.15) is 46.2 Å². The molecule has 7 nitrogen and oxygen atoms in total. The maximum absolute atomic E-state index is 12.4. The summed E-state index contributed by atoms with van der Waals surface area (Å²) in [5.74, 6) is 1.18. The number of aromatic nitrogens is 3. The first-order valence-electron chi connectivity index (χ1n) is 7.90. The maximum atomic E-state index is 12.4. The topological polar surface area (TPSA) is 90.0 Å². The number of pyridine rings is 1. The van der Waals surface area contributed by atoms with Crippen LogP contribution in [0.15, 0.2) is 15.4 Å². The van der Waals surface area contributed by atoms with Gasteiger partial charge in [-0.05, 0) is 43.6 Å². The molecule has 0 saturated heterocycles. The molecular weight excluding hydrogens is 328 g/mol. The van der Waals surface area contributed by atoms with Crippen molar-refractivity contribution in [2.24, 2.45) is 7.05 Å². The van der Waals surface area contributed by atoms with E-state index in [0.717, 1.165) is 36.9 Å². The number of thioether (sulfide) groups is 1. The summed E-state index contributed by atoms with van der Waals surface area (Å²) < 4.78 is 6.68. The molecule has 0 bridgehead atoms. The summed E-state index contributed by atoms with van der Waals surface area (Å²) in [7, 11) is 1.73. The van der Waals surface area contributed by atoms with Crippen LogP contribution in [-0.2, 0) is 32.2 Å². The quantitative estimate of drug-likeness (QED) is 0.879. The zero-order chi connectivity index (χ0) is 17.1. The molecule has 2 heterocycles. The Morgan fingerprint density at radius 2 is 2.21 bits per heavy atom. The van der Waals surface area contributed by atoms with E-state index >= 15 is 0 Å². The third kappa shape index (κ3) is 3.38. The van der Waals surface area contributed by atoms with E-state index in [0.29, 0.717) is 17.5 Å². The molecule has 128 valence electrons. The van der Waals surface area contributed by atoms with Crippen molar-refractivity contribution < 1.29 is 9.32 Å². The van der Waals surface area contributed by atoms with Crippen molar-refractivity contribution in [3.63, 3.8) is 0 Å². The molecule has 2 aromatic rings. The van der Waals surface area contributed by atoms with Crippen molar-refractivity contribution >= 4 is 17.7 Å². The Morgan fingerprint density at radius 1 is 1.42 bits per heavy atom. The minimum absolute atomic E-state index is 0.112. The summed E-state index contributed by atoms with van der Waals surface area (Å²) in [5, 5.41) is 6.51. The Bertz CT molecular complexity index is 812.